The number of rotatable bonds is 2. The predicted molar refractivity (Wildman–Crippen MR) is 84.5 cm³/mol. The van der Waals surface area contributed by atoms with E-state index in [0.717, 1.165) is 50.1 Å². The quantitative estimate of drug-likeness (QED) is 0.811. The lowest BCUT2D eigenvalue weighted by Gasteiger charge is -2.42. The Hall–Kier alpha value is -1.23. The number of piperazine rings is 1. The van der Waals surface area contributed by atoms with Crippen molar-refractivity contribution < 1.29 is 13.2 Å². The summed E-state index contributed by atoms with van der Waals surface area (Å²) in [7, 11) is 0. The molecule has 126 valence electrons. The molecule has 0 spiro atoms. The zero-order chi connectivity index (χ0) is 16.0. The fourth-order valence-corrected chi connectivity index (χ4v) is 4.85. The third kappa shape index (κ3) is 2.95. The van der Waals surface area contributed by atoms with Crippen molar-refractivity contribution in [3.63, 3.8) is 0 Å². The first-order chi connectivity index (χ1) is 11.0. The SMILES string of the molecule is FC(F)(F)c1cccc(N2CCN([C@@H]3C[C@@H]4CC[C@H]3C4)CC2)c1. The van der Waals surface area contributed by atoms with Gasteiger partial charge >= 0.3 is 6.18 Å². The molecule has 1 heterocycles. The van der Waals surface area contributed by atoms with E-state index in [9.17, 15) is 13.2 Å². The Bertz CT molecular complexity index is 564. The number of anilines is 1. The fraction of sp³-hybridized carbons (Fsp3) is 0.667. The van der Waals surface area contributed by atoms with E-state index in [1.165, 1.54) is 37.8 Å². The van der Waals surface area contributed by atoms with E-state index in [1.54, 1.807) is 6.07 Å². The van der Waals surface area contributed by atoms with Crippen molar-refractivity contribution in [1.82, 2.24) is 4.90 Å². The molecule has 0 unspecified atom stereocenters. The van der Waals surface area contributed by atoms with E-state index >= 15 is 0 Å². The van der Waals surface area contributed by atoms with Gasteiger partial charge in [-0.05, 0) is 49.3 Å². The number of alkyl halides is 3. The topological polar surface area (TPSA) is 6.48 Å². The molecular formula is C18H23F3N2. The number of halogens is 3. The minimum absolute atomic E-state index is 0.550. The molecule has 1 aromatic carbocycles. The average Bonchev–Trinajstić information content (AvgIpc) is 3.17. The van der Waals surface area contributed by atoms with Gasteiger partial charge in [0.05, 0.1) is 5.56 Å². The van der Waals surface area contributed by atoms with E-state index < -0.39 is 11.7 Å². The van der Waals surface area contributed by atoms with Gasteiger partial charge in [-0.25, -0.2) is 0 Å². The van der Waals surface area contributed by atoms with Crippen LogP contribution in [0.1, 0.15) is 31.2 Å². The van der Waals surface area contributed by atoms with Gasteiger partial charge in [-0.3, -0.25) is 4.90 Å². The Labute approximate surface area is 135 Å². The number of benzene rings is 1. The van der Waals surface area contributed by atoms with Crippen molar-refractivity contribution in [2.24, 2.45) is 11.8 Å². The molecule has 4 rings (SSSR count). The summed E-state index contributed by atoms with van der Waals surface area (Å²) in [6.07, 6.45) is 1.27. The highest BCUT2D eigenvalue weighted by Crippen LogP contribution is 2.46. The first-order valence-electron chi connectivity index (χ1n) is 8.67. The lowest BCUT2D eigenvalue weighted by Crippen LogP contribution is -2.51. The Balaban J connectivity index is 1.40. The van der Waals surface area contributed by atoms with E-state index in [1.807, 2.05) is 0 Å². The van der Waals surface area contributed by atoms with Crippen molar-refractivity contribution in [3.8, 4) is 0 Å². The molecule has 5 heteroatoms. The highest BCUT2D eigenvalue weighted by atomic mass is 19.4. The molecule has 23 heavy (non-hydrogen) atoms. The summed E-state index contributed by atoms with van der Waals surface area (Å²) in [4.78, 5) is 4.69. The van der Waals surface area contributed by atoms with Crippen molar-refractivity contribution >= 4 is 5.69 Å². The van der Waals surface area contributed by atoms with Crippen LogP contribution in [0.4, 0.5) is 18.9 Å². The highest BCUT2D eigenvalue weighted by molar-refractivity contribution is 5.49. The molecule has 2 saturated carbocycles. The summed E-state index contributed by atoms with van der Waals surface area (Å²) in [5, 5.41) is 0. The van der Waals surface area contributed by atoms with E-state index in [-0.39, 0.29) is 0 Å². The van der Waals surface area contributed by atoms with Gasteiger partial charge < -0.3 is 4.90 Å². The standard InChI is InChI=1S/C18H23F3N2/c19-18(20,21)15-2-1-3-16(12-15)22-6-8-23(9-7-22)17-11-13-4-5-14(17)10-13/h1-3,12-14,17H,4-11H2/t13-,14+,17-/m1/s1. The van der Waals surface area contributed by atoms with E-state index in [0.29, 0.717) is 5.69 Å². The summed E-state index contributed by atoms with van der Waals surface area (Å²) in [5.41, 5.74) is 0.151. The second-order valence-electron chi connectivity index (χ2n) is 7.31. The number of fused-ring (bicyclic) bond motifs is 2. The molecule has 2 aliphatic carbocycles. The lowest BCUT2D eigenvalue weighted by atomic mass is 9.93. The minimum Gasteiger partial charge on any atom is -0.369 e. The van der Waals surface area contributed by atoms with Crippen LogP contribution in [-0.4, -0.2) is 37.1 Å². The van der Waals surface area contributed by atoms with Crippen molar-refractivity contribution in [2.45, 2.75) is 37.9 Å². The maximum absolute atomic E-state index is 12.9. The second kappa shape index (κ2) is 5.69. The molecule has 1 saturated heterocycles. The van der Waals surface area contributed by atoms with Gasteiger partial charge in [0, 0.05) is 37.9 Å². The molecule has 2 nitrogen and oxygen atoms in total. The number of hydrogen-bond acceptors (Lipinski definition) is 2. The van der Waals surface area contributed by atoms with Crippen LogP contribution in [0, 0.1) is 11.8 Å². The van der Waals surface area contributed by atoms with Gasteiger partial charge in [0.25, 0.3) is 0 Å². The maximum atomic E-state index is 12.9. The van der Waals surface area contributed by atoms with Crippen LogP contribution in [0.3, 0.4) is 0 Å². The van der Waals surface area contributed by atoms with Gasteiger partial charge in [-0.15, -0.1) is 0 Å². The third-order valence-corrected chi connectivity index (χ3v) is 6.02. The zero-order valence-electron chi connectivity index (χ0n) is 13.2. The first-order valence-corrected chi connectivity index (χ1v) is 8.67. The van der Waals surface area contributed by atoms with Crippen LogP contribution in [0.5, 0.6) is 0 Å². The molecule has 3 aliphatic rings. The van der Waals surface area contributed by atoms with Gasteiger partial charge in [0.15, 0.2) is 0 Å². The van der Waals surface area contributed by atoms with Crippen molar-refractivity contribution in [3.05, 3.63) is 29.8 Å². The number of hydrogen-bond donors (Lipinski definition) is 0. The van der Waals surface area contributed by atoms with Crippen LogP contribution in [0.15, 0.2) is 24.3 Å². The van der Waals surface area contributed by atoms with Crippen LogP contribution in [-0.2, 0) is 6.18 Å². The molecule has 2 bridgehead atoms. The molecule has 0 radical (unpaired) electrons. The normalized spacial score (nSPS) is 31.8. The average molecular weight is 324 g/mol. The summed E-state index contributed by atoms with van der Waals surface area (Å²) in [6, 6.07) is 6.47. The summed E-state index contributed by atoms with van der Waals surface area (Å²) < 4.78 is 38.6. The summed E-state index contributed by atoms with van der Waals surface area (Å²) >= 11 is 0. The van der Waals surface area contributed by atoms with Gasteiger partial charge in [-0.1, -0.05) is 12.5 Å². The summed E-state index contributed by atoms with van der Waals surface area (Å²) in [5.74, 6) is 1.81. The Kier molecular flexibility index (Phi) is 3.79. The van der Waals surface area contributed by atoms with E-state index in [2.05, 4.69) is 9.80 Å². The number of nitrogens with zero attached hydrogens (tertiary/aromatic N) is 2. The maximum Gasteiger partial charge on any atom is 0.416 e. The minimum atomic E-state index is -4.26. The lowest BCUT2D eigenvalue weighted by molar-refractivity contribution is -0.137. The molecular weight excluding hydrogens is 301 g/mol. The molecule has 0 aromatic heterocycles. The summed E-state index contributed by atoms with van der Waals surface area (Å²) in [6.45, 7) is 3.61. The van der Waals surface area contributed by atoms with Crippen LogP contribution >= 0.6 is 0 Å². The first kappa shape index (κ1) is 15.3. The van der Waals surface area contributed by atoms with Crippen molar-refractivity contribution in [1.29, 1.82) is 0 Å². The molecule has 0 N–H and O–H groups in total. The predicted octanol–water partition coefficient (Wildman–Crippen LogP) is 4.02. The van der Waals surface area contributed by atoms with Gasteiger partial charge in [0.1, 0.15) is 0 Å². The molecule has 1 aliphatic heterocycles. The Morgan fingerprint density at radius 3 is 2.35 bits per heavy atom. The van der Waals surface area contributed by atoms with Crippen LogP contribution in [0.25, 0.3) is 0 Å². The fourth-order valence-electron chi connectivity index (χ4n) is 4.85. The monoisotopic (exact) mass is 324 g/mol. The van der Waals surface area contributed by atoms with Gasteiger partial charge in [-0.2, -0.15) is 13.2 Å². The van der Waals surface area contributed by atoms with Crippen molar-refractivity contribution in [2.75, 3.05) is 31.1 Å². The molecule has 3 fully saturated rings. The molecule has 1 aromatic rings. The second-order valence-corrected chi connectivity index (χ2v) is 7.31. The van der Waals surface area contributed by atoms with E-state index in [4.69, 9.17) is 0 Å². The Morgan fingerprint density at radius 2 is 1.74 bits per heavy atom. The highest BCUT2D eigenvalue weighted by Gasteiger charge is 2.42. The van der Waals surface area contributed by atoms with Crippen LogP contribution < -0.4 is 4.90 Å². The van der Waals surface area contributed by atoms with Gasteiger partial charge in [0.2, 0.25) is 0 Å². The molecule has 3 atom stereocenters. The molecule has 0 amide bonds. The smallest absolute Gasteiger partial charge is 0.369 e. The Morgan fingerprint density at radius 1 is 0.957 bits per heavy atom. The largest absolute Gasteiger partial charge is 0.416 e. The third-order valence-electron chi connectivity index (χ3n) is 6.02. The zero-order valence-corrected chi connectivity index (χ0v) is 13.2. The van der Waals surface area contributed by atoms with Crippen LogP contribution in [0.2, 0.25) is 0 Å².